The zero-order valence-electron chi connectivity index (χ0n) is 4.87. The Morgan fingerprint density at radius 1 is 0.875 bits per heavy atom. The van der Waals surface area contributed by atoms with Gasteiger partial charge in [-0.25, -0.2) is 13.2 Å². The first-order chi connectivity index (χ1) is 3.55. The second-order valence-electron chi connectivity index (χ2n) is 1.80. The largest absolute Gasteiger partial charge is 0.244 e. The lowest BCUT2D eigenvalue weighted by Crippen LogP contribution is -2.22. The van der Waals surface area contributed by atoms with Gasteiger partial charge in [0.2, 0.25) is 0 Å². The van der Waals surface area contributed by atoms with E-state index in [9.17, 15) is 13.2 Å². The van der Waals surface area contributed by atoms with Crippen LogP contribution in [-0.2, 0) is 0 Å². The molecule has 2 atom stereocenters. The summed E-state index contributed by atoms with van der Waals surface area (Å²) in [7, 11) is 0. The van der Waals surface area contributed by atoms with Gasteiger partial charge in [0.15, 0.2) is 6.17 Å². The maximum absolute atomic E-state index is 11.9. The van der Waals surface area contributed by atoms with Crippen LogP contribution in [0.4, 0.5) is 13.2 Å². The van der Waals surface area contributed by atoms with Crippen LogP contribution in [-0.4, -0.2) is 18.5 Å². The van der Waals surface area contributed by atoms with Crippen molar-refractivity contribution in [2.75, 3.05) is 0 Å². The van der Waals surface area contributed by atoms with Crippen molar-refractivity contribution in [1.29, 1.82) is 0 Å². The van der Waals surface area contributed by atoms with Gasteiger partial charge in [-0.2, -0.15) is 0 Å². The zero-order chi connectivity index (χ0) is 6.73. The molecular formula is C5H9F3. The van der Waals surface area contributed by atoms with Crippen LogP contribution in [0.5, 0.6) is 0 Å². The van der Waals surface area contributed by atoms with Gasteiger partial charge in [0.25, 0.3) is 0 Å². The second kappa shape index (κ2) is 2.95. The molecule has 0 aliphatic heterocycles. The molecule has 0 aromatic rings. The fourth-order valence-electron chi connectivity index (χ4n) is 0.365. The van der Waals surface area contributed by atoms with Crippen LogP contribution in [0.1, 0.15) is 13.8 Å². The highest BCUT2D eigenvalue weighted by Gasteiger charge is 2.21. The summed E-state index contributed by atoms with van der Waals surface area (Å²) >= 11 is 0. The summed E-state index contributed by atoms with van der Waals surface area (Å²) in [5, 5.41) is 0. The Kier molecular flexibility index (Phi) is 2.87. The van der Waals surface area contributed by atoms with Crippen LogP contribution in [0.3, 0.4) is 0 Å². The van der Waals surface area contributed by atoms with E-state index in [1.807, 2.05) is 0 Å². The average Bonchev–Trinajstić information content (AvgIpc) is 1.64. The average molecular weight is 126 g/mol. The Morgan fingerprint density at radius 2 is 1.12 bits per heavy atom. The van der Waals surface area contributed by atoms with Gasteiger partial charge in [-0.3, -0.25) is 0 Å². The summed E-state index contributed by atoms with van der Waals surface area (Å²) in [5.74, 6) is 0. The summed E-state index contributed by atoms with van der Waals surface area (Å²) in [4.78, 5) is 0. The number of halogens is 3. The van der Waals surface area contributed by atoms with E-state index in [4.69, 9.17) is 0 Å². The van der Waals surface area contributed by atoms with E-state index in [2.05, 4.69) is 0 Å². The Hall–Kier alpha value is -0.210. The van der Waals surface area contributed by atoms with Crippen molar-refractivity contribution in [3.63, 3.8) is 0 Å². The van der Waals surface area contributed by atoms with Crippen molar-refractivity contribution < 1.29 is 13.2 Å². The predicted octanol–water partition coefficient (Wildman–Crippen LogP) is 2.04. The summed E-state index contributed by atoms with van der Waals surface area (Å²) < 4.78 is 35.4. The molecule has 0 N–H and O–H groups in total. The molecule has 0 aromatic carbocycles. The minimum Gasteiger partial charge on any atom is -0.244 e. The molecule has 0 amide bonds. The predicted molar refractivity (Wildman–Crippen MR) is 26.0 cm³/mol. The zero-order valence-corrected chi connectivity index (χ0v) is 4.87. The lowest BCUT2D eigenvalue weighted by Gasteiger charge is -2.08. The molecule has 0 radical (unpaired) electrons. The van der Waals surface area contributed by atoms with E-state index in [0.717, 1.165) is 13.8 Å². The topological polar surface area (TPSA) is 0 Å². The molecule has 50 valence electrons. The van der Waals surface area contributed by atoms with E-state index in [-0.39, 0.29) is 0 Å². The standard InChI is InChI=1S/C5H9F3/c1-3(6)5(8)4(2)7/h3-5H,1-2H3. The van der Waals surface area contributed by atoms with Crippen LogP contribution in [0.25, 0.3) is 0 Å². The third-order valence-corrected chi connectivity index (χ3v) is 0.878. The highest BCUT2D eigenvalue weighted by atomic mass is 19.2. The van der Waals surface area contributed by atoms with E-state index in [1.165, 1.54) is 0 Å². The summed E-state index contributed by atoms with van der Waals surface area (Å²) in [6, 6.07) is 0. The second-order valence-corrected chi connectivity index (χ2v) is 1.80. The van der Waals surface area contributed by atoms with Crippen LogP contribution < -0.4 is 0 Å². The Bertz CT molecular complexity index is 52.7. The highest BCUT2D eigenvalue weighted by molar-refractivity contribution is 4.68. The van der Waals surface area contributed by atoms with Crippen molar-refractivity contribution in [2.24, 2.45) is 0 Å². The Labute approximate surface area is 46.7 Å². The molecule has 0 nitrogen and oxygen atoms in total. The smallest absolute Gasteiger partial charge is 0.162 e. The molecule has 2 unspecified atom stereocenters. The molecule has 3 heteroatoms. The molecule has 8 heavy (non-hydrogen) atoms. The first-order valence-corrected chi connectivity index (χ1v) is 2.48. The summed E-state index contributed by atoms with van der Waals surface area (Å²) in [6.07, 6.45) is -5.36. The molecule has 0 spiro atoms. The number of hydrogen-bond acceptors (Lipinski definition) is 0. The minimum absolute atomic E-state index is 1.00. The Morgan fingerprint density at radius 3 is 1.12 bits per heavy atom. The number of alkyl halides is 3. The minimum atomic E-state index is -1.96. The van der Waals surface area contributed by atoms with Crippen molar-refractivity contribution >= 4 is 0 Å². The van der Waals surface area contributed by atoms with Crippen LogP contribution >= 0.6 is 0 Å². The first-order valence-electron chi connectivity index (χ1n) is 2.48. The van der Waals surface area contributed by atoms with E-state index >= 15 is 0 Å². The van der Waals surface area contributed by atoms with Crippen LogP contribution in [0.2, 0.25) is 0 Å². The highest BCUT2D eigenvalue weighted by Crippen LogP contribution is 2.09. The van der Waals surface area contributed by atoms with Gasteiger partial charge in [-0.1, -0.05) is 0 Å². The first kappa shape index (κ1) is 7.79. The third kappa shape index (κ3) is 2.19. The van der Waals surface area contributed by atoms with E-state index < -0.39 is 18.5 Å². The lowest BCUT2D eigenvalue weighted by atomic mass is 10.2. The quantitative estimate of drug-likeness (QED) is 0.531. The van der Waals surface area contributed by atoms with Crippen molar-refractivity contribution in [3.8, 4) is 0 Å². The van der Waals surface area contributed by atoms with E-state index in [1.54, 1.807) is 0 Å². The molecule has 0 saturated heterocycles. The maximum atomic E-state index is 11.9. The van der Waals surface area contributed by atoms with Gasteiger partial charge in [0, 0.05) is 0 Å². The molecule has 0 fully saturated rings. The normalized spacial score (nSPS) is 22.1. The van der Waals surface area contributed by atoms with Gasteiger partial charge in [0.05, 0.1) is 0 Å². The Balaban J connectivity index is 3.46. The van der Waals surface area contributed by atoms with E-state index in [0.29, 0.717) is 0 Å². The van der Waals surface area contributed by atoms with Gasteiger partial charge < -0.3 is 0 Å². The monoisotopic (exact) mass is 126 g/mol. The molecule has 0 aliphatic carbocycles. The van der Waals surface area contributed by atoms with Crippen LogP contribution in [0.15, 0.2) is 0 Å². The fraction of sp³-hybridized carbons (Fsp3) is 1.00. The van der Waals surface area contributed by atoms with Gasteiger partial charge in [-0.05, 0) is 13.8 Å². The molecule has 0 aliphatic rings. The SMILES string of the molecule is CC(F)C(F)C(C)F. The molecule has 0 saturated carbocycles. The van der Waals surface area contributed by atoms with Gasteiger partial charge in [-0.15, -0.1) is 0 Å². The molecule has 0 heterocycles. The van der Waals surface area contributed by atoms with Crippen LogP contribution in [0, 0.1) is 0 Å². The molecule has 0 bridgehead atoms. The van der Waals surface area contributed by atoms with Gasteiger partial charge >= 0.3 is 0 Å². The van der Waals surface area contributed by atoms with Crippen molar-refractivity contribution in [2.45, 2.75) is 32.4 Å². The summed E-state index contributed by atoms with van der Waals surface area (Å²) in [6.45, 7) is 2.00. The molecule has 0 aromatic heterocycles. The maximum Gasteiger partial charge on any atom is 0.162 e. The number of hydrogen-bond donors (Lipinski definition) is 0. The van der Waals surface area contributed by atoms with Crippen molar-refractivity contribution in [3.05, 3.63) is 0 Å². The van der Waals surface area contributed by atoms with Crippen molar-refractivity contribution in [1.82, 2.24) is 0 Å². The molecule has 0 rings (SSSR count). The third-order valence-electron chi connectivity index (χ3n) is 0.878. The fourth-order valence-corrected chi connectivity index (χ4v) is 0.365. The van der Waals surface area contributed by atoms with Gasteiger partial charge in [0.1, 0.15) is 12.3 Å². The summed E-state index contributed by atoms with van der Waals surface area (Å²) in [5.41, 5.74) is 0. The lowest BCUT2D eigenvalue weighted by molar-refractivity contribution is 0.102. The molecular weight excluding hydrogens is 117 g/mol. The number of rotatable bonds is 2.